The van der Waals surface area contributed by atoms with Crippen LogP contribution in [0.25, 0.3) is 0 Å². The predicted molar refractivity (Wildman–Crippen MR) is 53.5 cm³/mol. The van der Waals surface area contributed by atoms with E-state index in [1.807, 2.05) is 6.92 Å². The van der Waals surface area contributed by atoms with Crippen LogP contribution in [0.5, 0.6) is 0 Å². The van der Waals surface area contributed by atoms with Crippen LogP contribution in [-0.4, -0.2) is 12.2 Å². The maximum atomic E-state index is 11.4. The van der Waals surface area contributed by atoms with E-state index < -0.39 is 13.3 Å². The summed E-state index contributed by atoms with van der Waals surface area (Å²) in [6.45, 7) is 7.77. The van der Waals surface area contributed by atoms with Crippen LogP contribution in [0.1, 0.15) is 40.5 Å². The third-order valence-corrected chi connectivity index (χ3v) is 2.51. The minimum atomic E-state index is -3.34. The fourth-order valence-corrected chi connectivity index (χ4v) is 1.94. The third-order valence-electron chi connectivity index (χ3n) is 1.17. The van der Waals surface area contributed by atoms with E-state index in [0.29, 0.717) is 6.61 Å². The summed E-state index contributed by atoms with van der Waals surface area (Å²) >= 11 is 0. The Morgan fingerprint density at radius 1 is 1.38 bits per heavy atom. The molecule has 0 aromatic heterocycles. The first-order valence-corrected chi connectivity index (χ1v) is 6.12. The topological polar surface area (TPSA) is 61.5 Å². The highest BCUT2D eigenvalue weighted by Gasteiger charge is 2.25. The standard InChI is InChI=1S/C8H20NO3P/c1-5-6-7-11-13(9,10)12-8(2,3)4/h5-7H2,1-4H3,(H2,9,10). The molecule has 0 radical (unpaired) electrons. The first-order valence-electron chi connectivity index (χ1n) is 4.51. The minimum absolute atomic E-state index is 0.389. The first kappa shape index (κ1) is 13.1. The van der Waals surface area contributed by atoms with Crippen molar-refractivity contribution in [1.29, 1.82) is 0 Å². The smallest absolute Gasteiger partial charge is 0.297 e. The van der Waals surface area contributed by atoms with E-state index in [4.69, 9.17) is 14.6 Å². The van der Waals surface area contributed by atoms with E-state index in [-0.39, 0.29) is 0 Å². The Morgan fingerprint density at radius 3 is 2.31 bits per heavy atom. The van der Waals surface area contributed by atoms with Gasteiger partial charge in [-0.15, -0.1) is 0 Å². The normalized spacial score (nSPS) is 17.0. The lowest BCUT2D eigenvalue weighted by Gasteiger charge is -2.23. The lowest BCUT2D eigenvalue weighted by Crippen LogP contribution is -2.21. The molecular weight excluding hydrogens is 189 g/mol. The van der Waals surface area contributed by atoms with Crippen LogP contribution in [-0.2, 0) is 13.6 Å². The molecule has 0 heterocycles. The van der Waals surface area contributed by atoms with Crippen molar-refractivity contribution in [2.75, 3.05) is 6.61 Å². The van der Waals surface area contributed by atoms with Crippen molar-refractivity contribution >= 4 is 7.75 Å². The quantitative estimate of drug-likeness (QED) is 0.558. The van der Waals surface area contributed by atoms with E-state index in [2.05, 4.69) is 0 Å². The molecule has 0 aromatic rings. The zero-order valence-corrected chi connectivity index (χ0v) is 9.77. The summed E-state index contributed by atoms with van der Waals surface area (Å²) in [4.78, 5) is 0. The summed E-state index contributed by atoms with van der Waals surface area (Å²) in [7, 11) is -3.34. The summed E-state index contributed by atoms with van der Waals surface area (Å²) in [5.74, 6) is 0. The zero-order valence-electron chi connectivity index (χ0n) is 8.87. The van der Waals surface area contributed by atoms with Gasteiger partial charge < -0.3 is 0 Å². The van der Waals surface area contributed by atoms with Crippen LogP contribution in [0.3, 0.4) is 0 Å². The largest absolute Gasteiger partial charge is 0.403 e. The Morgan fingerprint density at radius 2 is 1.92 bits per heavy atom. The molecule has 0 saturated heterocycles. The molecule has 0 aliphatic heterocycles. The summed E-state index contributed by atoms with van der Waals surface area (Å²) < 4.78 is 21.5. The maximum Gasteiger partial charge on any atom is 0.403 e. The molecule has 0 spiro atoms. The molecule has 2 N–H and O–H groups in total. The zero-order chi connectivity index (χ0) is 10.5. The number of rotatable bonds is 5. The van der Waals surface area contributed by atoms with E-state index in [1.54, 1.807) is 20.8 Å². The molecule has 0 fully saturated rings. The number of hydrogen-bond acceptors (Lipinski definition) is 3. The van der Waals surface area contributed by atoms with E-state index in [0.717, 1.165) is 12.8 Å². The second-order valence-electron chi connectivity index (χ2n) is 3.93. The fourth-order valence-electron chi connectivity index (χ4n) is 0.744. The molecule has 5 heteroatoms. The van der Waals surface area contributed by atoms with Gasteiger partial charge in [-0.3, -0.25) is 9.05 Å². The van der Waals surface area contributed by atoms with Crippen LogP contribution < -0.4 is 5.50 Å². The fraction of sp³-hybridized carbons (Fsp3) is 1.00. The Kier molecular flexibility index (Phi) is 5.15. The Labute approximate surface area is 80.4 Å². The van der Waals surface area contributed by atoms with Crippen molar-refractivity contribution in [2.24, 2.45) is 5.50 Å². The molecule has 0 aromatic carbocycles. The molecule has 0 rings (SSSR count). The van der Waals surface area contributed by atoms with E-state index in [9.17, 15) is 4.57 Å². The van der Waals surface area contributed by atoms with Crippen molar-refractivity contribution in [2.45, 2.75) is 46.1 Å². The second kappa shape index (κ2) is 5.11. The third kappa shape index (κ3) is 8.44. The minimum Gasteiger partial charge on any atom is -0.297 e. The van der Waals surface area contributed by atoms with Gasteiger partial charge >= 0.3 is 7.75 Å². The van der Waals surface area contributed by atoms with Crippen molar-refractivity contribution in [3.63, 3.8) is 0 Å². The van der Waals surface area contributed by atoms with Crippen LogP contribution in [0.15, 0.2) is 0 Å². The molecule has 0 amide bonds. The highest BCUT2D eigenvalue weighted by Crippen LogP contribution is 2.43. The lowest BCUT2D eigenvalue weighted by atomic mass is 10.2. The van der Waals surface area contributed by atoms with Gasteiger partial charge in [0.1, 0.15) is 0 Å². The van der Waals surface area contributed by atoms with Crippen LogP contribution in [0, 0.1) is 0 Å². The molecule has 4 nitrogen and oxygen atoms in total. The summed E-state index contributed by atoms with van der Waals surface area (Å²) in [6.07, 6.45) is 1.82. The van der Waals surface area contributed by atoms with Gasteiger partial charge in [-0.1, -0.05) is 13.3 Å². The average Bonchev–Trinajstić information content (AvgIpc) is 1.81. The van der Waals surface area contributed by atoms with Gasteiger partial charge in [-0.05, 0) is 27.2 Å². The maximum absolute atomic E-state index is 11.4. The second-order valence-corrected chi connectivity index (χ2v) is 5.45. The molecule has 0 saturated carbocycles. The molecule has 80 valence electrons. The number of nitrogens with two attached hydrogens (primary N) is 1. The Bertz CT molecular complexity index is 188. The van der Waals surface area contributed by atoms with Gasteiger partial charge in [0.2, 0.25) is 0 Å². The van der Waals surface area contributed by atoms with Gasteiger partial charge in [-0.2, -0.15) is 0 Å². The van der Waals surface area contributed by atoms with E-state index >= 15 is 0 Å². The molecule has 13 heavy (non-hydrogen) atoms. The Hall–Kier alpha value is 0.110. The Balaban J connectivity index is 3.88. The number of unbranched alkanes of at least 4 members (excludes halogenated alkanes) is 1. The monoisotopic (exact) mass is 209 g/mol. The highest BCUT2D eigenvalue weighted by atomic mass is 31.2. The van der Waals surface area contributed by atoms with Crippen LogP contribution >= 0.6 is 7.75 Å². The van der Waals surface area contributed by atoms with Crippen LogP contribution in [0.2, 0.25) is 0 Å². The lowest BCUT2D eigenvalue weighted by molar-refractivity contribution is 0.0940. The summed E-state index contributed by atoms with van der Waals surface area (Å²) in [6, 6.07) is 0. The van der Waals surface area contributed by atoms with Gasteiger partial charge in [-0.25, -0.2) is 10.1 Å². The average molecular weight is 209 g/mol. The van der Waals surface area contributed by atoms with Gasteiger partial charge in [0.25, 0.3) is 0 Å². The summed E-state index contributed by atoms with van der Waals surface area (Å²) in [5, 5.41) is 0. The van der Waals surface area contributed by atoms with Gasteiger partial charge in [0.15, 0.2) is 0 Å². The van der Waals surface area contributed by atoms with Crippen molar-refractivity contribution < 1.29 is 13.6 Å². The van der Waals surface area contributed by atoms with Crippen molar-refractivity contribution in [1.82, 2.24) is 0 Å². The molecule has 1 atom stereocenters. The predicted octanol–water partition coefficient (Wildman–Crippen LogP) is 2.69. The first-order chi connectivity index (χ1) is 5.77. The van der Waals surface area contributed by atoms with Crippen molar-refractivity contribution in [3.8, 4) is 0 Å². The molecule has 0 aliphatic carbocycles. The molecule has 0 bridgehead atoms. The van der Waals surface area contributed by atoms with Gasteiger partial charge in [0.05, 0.1) is 12.2 Å². The summed E-state index contributed by atoms with van der Waals surface area (Å²) in [5.41, 5.74) is 4.82. The SMILES string of the molecule is CCCCOP(N)(=O)OC(C)(C)C. The molecule has 1 unspecified atom stereocenters. The van der Waals surface area contributed by atoms with Crippen molar-refractivity contribution in [3.05, 3.63) is 0 Å². The van der Waals surface area contributed by atoms with E-state index in [1.165, 1.54) is 0 Å². The van der Waals surface area contributed by atoms with Crippen LogP contribution in [0.4, 0.5) is 0 Å². The molecule has 0 aliphatic rings. The highest BCUT2D eigenvalue weighted by molar-refractivity contribution is 7.51. The molecular formula is C8H20NO3P. The van der Waals surface area contributed by atoms with Gasteiger partial charge in [0, 0.05) is 0 Å². The number of hydrogen-bond donors (Lipinski definition) is 1.